The summed E-state index contributed by atoms with van der Waals surface area (Å²) in [4.78, 5) is 13.1. The number of unbranched alkanes of at least 4 members (excludes halogenated alkanes) is 27. The maximum atomic E-state index is 13.1. The minimum absolute atomic E-state index is 0.180. The van der Waals surface area contributed by atoms with Crippen molar-refractivity contribution in [3.63, 3.8) is 0 Å². The van der Waals surface area contributed by atoms with E-state index >= 15 is 0 Å². The van der Waals surface area contributed by atoms with Crippen molar-refractivity contribution < 1.29 is 39.8 Å². The van der Waals surface area contributed by atoms with Crippen molar-refractivity contribution in [3.8, 4) is 0 Å². The summed E-state index contributed by atoms with van der Waals surface area (Å²) >= 11 is 0. The molecule has 0 aromatic rings. The molecule has 77 heavy (non-hydrogen) atoms. The first-order valence-electron chi connectivity index (χ1n) is 31.6. The fourth-order valence-corrected chi connectivity index (χ4v) is 9.41. The number of hydrogen-bond donors (Lipinski definition) is 6. The lowest BCUT2D eigenvalue weighted by atomic mass is 9.99. The molecule has 1 rings (SSSR count). The van der Waals surface area contributed by atoms with Crippen molar-refractivity contribution in [1.29, 1.82) is 0 Å². The van der Waals surface area contributed by atoms with E-state index in [0.29, 0.717) is 6.42 Å². The number of nitrogens with one attached hydrogen (secondary N) is 1. The van der Waals surface area contributed by atoms with Gasteiger partial charge in [-0.1, -0.05) is 277 Å². The molecule has 7 atom stereocenters. The van der Waals surface area contributed by atoms with Crippen LogP contribution in [-0.2, 0) is 14.3 Å². The number of aliphatic hydroxyl groups excluding tert-OH is 5. The molecule has 1 fully saturated rings. The number of aliphatic hydroxyl groups is 5. The van der Waals surface area contributed by atoms with E-state index in [0.717, 1.165) is 89.9 Å². The summed E-state index contributed by atoms with van der Waals surface area (Å²) in [5, 5.41) is 54.5. The molecule has 0 aromatic heterocycles. The minimum atomic E-state index is -1.57. The Kier molecular flexibility index (Phi) is 52.4. The summed E-state index contributed by atoms with van der Waals surface area (Å²) in [6.07, 6.45) is 76.0. The number of hydrogen-bond acceptors (Lipinski definition) is 8. The van der Waals surface area contributed by atoms with E-state index in [1.54, 1.807) is 6.08 Å². The molecule has 0 aliphatic carbocycles. The van der Waals surface area contributed by atoms with Crippen molar-refractivity contribution >= 4 is 5.91 Å². The molecule has 7 unspecified atom stereocenters. The lowest BCUT2D eigenvalue weighted by Gasteiger charge is -2.40. The Morgan fingerprint density at radius 3 is 1.19 bits per heavy atom. The van der Waals surface area contributed by atoms with Gasteiger partial charge in [0, 0.05) is 6.42 Å². The molecule has 0 aromatic carbocycles. The van der Waals surface area contributed by atoms with Crippen LogP contribution >= 0.6 is 0 Å². The number of amides is 1. The molecule has 9 heteroatoms. The van der Waals surface area contributed by atoms with Crippen LogP contribution in [0.2, 0.25) is 0 Å². The van der Waals surface area contributed by atoms with Crippen LogP contribution < -0.4 is 5.32 Å². The minimum Gasteiger partial charge on any atom is -0.394 e. The van der Waals surface area contributed by atoms with E-state index in [4.69, 9.17) is 9.47 Å². The van der Waals surface area contributed by atoms with Gasteiger partial charge in [0.05, 0.1) is 25.4 Å². The molecule has 1 heterocycles. The summed E-state index contributed by atoms with van der Waals surface area (Å²) in [5.41, 5.74) is 0. The molecule has 1 saturated heterocycles. The Morgan fingerprint density at radius 2 is 0.805 bits per heavy atom. The molecule has 1 amide bonds. The van der Waals surface area contributed by atoms with Crippen LogP contribution in [0.5, 0.6) is 0 Å². The topological polar surface area (TPSA) is 149 Å². The summed E-state index contributed by atoms with van der Waals surface area (Å²) in [7, 11) is 0. The van der Waals surface area contributed by atoms with Crippen LogP contribution in [0.3, 0.4) is 0 Å². The van der Waals surface area contributed by atoms with Crippen molar-refractivity contribution in [2.75, 3.05) is 13.2 Å². The van der Waals surface area contributed by atoms with Crippen LogP contribution in [0.25, 0.3) is 0 Å². The van der Waals surface area contributed by atoms with Gasteiger partial charge in [0.1, 0.15) is 24.4 Å². The second-order valence-corrected chi connectivity index (χ2v) is 21.5. The Labute approximate surface area is 472 Å². The van der Waals surface area contributed by atoms with E-state index in [9.17, 15) is 30.3 Å². The van der Waals surface area contributed by atoms with Crippen LogP contribution in [0.15, 0.2) is 109 Å². The Morgan fingerprint density at radius 1 is 0.455 bits per heavy atom. The molecule has 9 nitrogen and oxygen atoms in total. The second kappa shape index (κ2) is 56.1. The number of carbonyl (C=O) groups is 1. The highest BCUT2D eigenvalue weighted by molar-refractivity contribution is 5.76. The Hall–Kier alpha value is -3.15. The fraction of sp³-hybridized carbons (Fsp3) is 0.721. The highest BCUT2D eigenvalue weighted by atomic mass is 16.7. The molecular weight excluding hydrogens is 959 g/mol. The van der Waals surface area contributed by atoms with Gasteiger partial charge in [-0.25, -0.2) is 0 Å². The van der Waals surface area contributed by atoms with Gasteiger partial charge in [-0.05, 0) is 83.5 Å². The SMILES string of the molecule is CC/C=C\C/C=C\C/C=C\C/C=C\C/C=C\C/C=C\C/C=C\C/C=C\CCCCCCCCCCCCCCCCC(=O)NC(COC1OC(CO)C(O)C(O)C1O)C(O)/C=C/CCCCCCCCCCCCCCC. The maximum absolute atomic E-state index is 13.1. The van der Waals surface area contributed by atoms with Crippen molar-refractivity contribution in [2.45, 2.75) is 301 Å². The number of rotatable bonds is 53. The number of allylic oxidation sites excluding steroid dienone is 17. The molecule has 0 spiro atoms. The van der Waals surface area contributed by atoms with E-state index < -0.39 is 49.5 Å². The lowest BCUT2D eigenvalue weighted by Crippen LogP contribution is -2.60. The smallest absolute Gasteiger partial charge is 0.220 e. The molecule has 1 aliphatic heterocycles. The first-order chi connectivity index (χ1) is 37.8. The van der Waals surface area contributed by atoms with E-state index in [-0.39, 0.29) is 12.5 Å². The average molecular weight is 1080 g/mol. The van der Waals surface area contributed by atoms with Crippen molar-refractivity contribution in [3.05, 3.63) is 109 Å². The van der Waals surface area contributed by atoms with E-state index in [1.165, 1.54) is 148 Å². The third-order valence-corrected chi connectivity index (χ3v) is 14.4. The molecular formula is C68H117NO8. The van der Waals surface area contributed by atoms with E-state index in [2.05, 4.69) is 116 Å². The quantitative estimate of drug-likeness (QED) is 0.0261. The van der Waals surface area contributed by atoms with Crippen LogP contribution in [0, 0.1) is 0 Å². The average Bonchev–Trinajstić information content (AvgIpc) is 3.43. The van der Waals surface area contributed by atoms with Gasteiger partial charge in [-0.2, -0.15) is 0 Å². The molecule has 6 N–H and O–H groups in total. The molecule has 0 saturated carbocycles. The predicted octanol–water partition coefficient (Wildman–Crippen LogP) is 16.5. The van der Waals surface area contributed by atoms with Gasteiger partial charge in [0.15, 0.2) is 6.29 Å². The number of ether oxygens (including phenoxy) is 2. The van der Waals surface area contributed by atoms with Gasteiger partial charge in [0.2, 0.25) is 5.91 Å². The van der Waals surface area contributed by atoms with Crippen LogP contribution in [0.1, 0.15) is 258 Å². The first-order valence-corrected chi connectivity index (χ1v) is 31.6. The second-order valence-electron chi connectivity index (χ2n) is 21.5. The largest absolute Gasteiger partial charge is 0.394 e. The predicted molar refractivity (Wildman–Crippen MR) is 327 cm³/mol. The molecule has 1 aliphatic rings. The molecule has 442 valence electrons. The normalized spacial score (nSPS) is 19.5. The van der Waals surface area contributed by atoms with Crippen LogP contribution in [-0.4, -0.2) is 87.5 Å². The molecule has 0 bridgehead atoms. The summed E-state index contributed by atoms with van der Waals surface area (Å²) in [5.74, 6) is -0.180. The van der Waals surface area contributed by atoms with Crippen molar-refractivity contribution in [2.24, 2.45) is 0 Å². The summed E-state index contributed by atoms with van der Waals surface area (Å²) in [6.45, 7) is 3.67. The molecule has 0 radical (unpaired) electrons. The Balaban J connectivity index is 2.12. The van der Waals surface area contributed by atoms with Gasteiger partial charge >= 0.3 is 0 Å². The van der Waals surface area contributed by atoms with Gasteiger partial charge in [0.25, 0.3) is 0 Å². The van der Waals surface area contributed by atoms with Crippen LogP contribution in [0.4, 0.5) is 0 Å². The number of carbonyl (C=O) groups excluding carboxylic acids is 1. The van der Waals surface area contributed by atoms with Gasteiger partial charge < -0.3 is 40.3 Å². The third-order valence-electron chi connectivity index (χ3n) is 14.4. The lowest BCUT2D eigenvalue weighted by molar-refractivity contribution is -0.302. The third kappa shape index (κ3) is 45.3. The maximum Gasteiger partial charge on any atom is 0.220 e. The first kappa shape index (κ1) is 71.9. The zero-order valence-electron chi connectivity index (χ0n) is 49.2. The van der Waals surface area contributed by atoms with Gasteiger partial charge in [-0.3, -0.25) is 4.79 Å². The Bertz CT molecular complexity index is 1580. The monoisotopic (exact) mass is 1080 g/mol. The summed E-state index contributed by atoms with van der Waals surface area (Å²) in [6, 6.07) is -0.810. The highest BCUT2D eigenvalue weighted by Gasteiger charge is 2.44. The standard InChI is InChI=1S/C68H117NO8/c1-3-5-7-9-11-13-15-17-19-20-21-22-23-24-25-26-27-28-29-30-31-32-33-34-35-36-37-38-39-40-41-42-44-46-48-50-52-54-56-58-64(72)69-61(60-76-68-67(75)66(74)65(73)63(59-70)77-68)62(71)57-55-53-51-49-47-45-43-18-16-14-12-10-8-6-4-2/h5,7,11,13,17,19,21-22,24-25,27-28,30-31,33-34,55,57,61-63,65-68,70-71,73-75H,3-4,6,8-10,12,14-16,18,20,23,26,29,32,35-54,56,58-60H2,1-2H3,(H,69,72)/b7-5-,13-11-,19-17-,22-21-,25-24-,28-27-,31-30-,34-33-,57-55+. The van der Waals surface area contributed by atoms with Gasteiger partial charge in [-0.15, -0.1) is 0 Å². The van der Waals surface area contributed by atoms with Crippen molar-refractivity contribution in [1.82, 2.24) is 5.32 Å². The fourth-order valence-electron chi connectivity index (χ4n) is 9.41. The zero-order chi connectivity index (χ0) is 55.8. The van der Waals surface area contributed by atoms with E-state index in [1.807, 2.05) is 6.08 Å². The highest BCUT2D eigenvalue weighted by Crippen LogP contribution is 2.23. The zero-order valence-corrected chi connectivity index (χ0v) is 49.2. The summed E-state index contributed by atoms with van der Waals surface area (Å²) < 4.78 is 11.3.